The maximum absolute atomic E-state index is 12.0. The molecule has 0 bridgehead atoms. The number of esters is 1. The molecule has 3 rings (SSSR count). The molecular weight excluding hydrogens is 480 g/mol. The minimum absolute atomic E-state index is 0.0574. The number of carbonyl (C=O) groups excluding carboxylic acids is 1. The first-order valence-corrected chi connectivity index (χ1v) is 13.2. The van der Waals surface area contributed by atoms with Gasteiger partial charge in [-0.2, -0.15) is 0 Å². The summed E-state index contributed by atoms with van der Waals surface area (Å²) in [7, 11) is 0. The largest absolute Gasteiger partial charge is 0.507 e. The Kier molecular flexibility index (Phi) is 11.9. The van der Waals surface area contributed by atoms with Crippen LogP contribution in [0.4, 0.5) is 0 Å². The molecule has 0 aromatic heterocycles. The van der Waals surface area contributed by atoms with Crippen molar-refractivity contribution in [2.45, 2.75) is 78.1 Å². The highest BCUT2D eigenvalue weighted by Crippen LogP contribution is 2.27. The van der Waals surface area contributed by atoms with E-state index in [0.717, 1.165) is 12.0 Å². The van der Waals surface area contributed by atoms with Crippen LogP contribution in [0.3, 0.4) is 0 Å². The number of hydrogen-bond donors (Lipinski definition) is 3. The fourth-order valence-electron chi connectivity index (χ4n) is 3.82. The molecule has 3 N–H and O–H groups in total. The lowest BCUT2D eigenvalue weighted by atomic mass is 9.86. The summed E-state index contributed by atoms with van der Waals surface area (Å²) in [6.45, 7) is 8.24. The van der Waals surface area contributed by atoms with Crippen molar-refractivity contribution in [3.05, 3.63) is 89.0 Å². The van der Waals surface area contributed by atoms with E-state index in [1.54, 1.807) is 24.3 Å². The quantitative estimate of drug-likeness (QED) is 0.143. The van der Waals surface area contributed by atoms with Crippen LogP contribution in [0.2, 0.25) is 0 Å². The van der Waals surface area contributed by atoms with E-state index in [1.807, 2.05) is 45.0 Å². The van der Waals surface area contributed by atoms with E-state index >= 15 is 0 Å². The second-order valence-electron chi connectivity index (χ2n) is 10.4. The molecule has 3 aromatic carbocycles. The predicted molar refractivity (Wildman–Crippen MR) is 150 cm³/mol. The van der Waals surface area contributed by atoms with Crippen LogP contribution in [0.25, 0.3) is 0 Å². The molecule has 0 aliphatic heterocycles. The van der Waals surface area contributed by atoms with Crippen LogP contribution in [0.5, 0.6) is 17.2 Å². The summed E-state index contributed by atoms with van der Waals surface area (Å²) in [6, 6.07) is 18.7. The fraction of sp³-hybridized carbons (Fsp3) is 0.375. The van der Waals surface area contributed by atoms with Crippen molar-refractivity contribution in [1.29, 1.82) is 0 Å². The summed E-state index contributed by atoms with van der Waals surface area (Å²) in [5.41, 5.74) is 2.20. The zero-order valence-corrected chi connectivity index (χ0v) is 22.9. The number of carboxylic acids is 1. The van der Waals surface area contributed by atoms with Crippen LogP contribution in [0, 0.1) is 0 Å². The van der Waals surface area contributed by atoms with Crippen LogP contribution in [-0.4, -0.2) is 27.3 Å². The molecule has 0 aliphatic rings. The summed E-state index contributed by atoms with van der Waals surface area (Å²) in [4.78, 5) is 22.7. The van der Waals surface area contributed by atoms with Crippen molar-refractivity contribution < 1.29 is 29.6 Å². The van der Waals surface area contributed by atoms with E-state index in [4.69, 9.17) is 9.84 Å². The van der Waals surface area contributed by atoms with Crippen molar-refractivity contribution in [1.82, 2.24) is 0 Å². The highest BCUT2D eigenvalue weighted by molar-refractivity contribution is 5.93. The van der Waals surface area contributed by atoms with Crippen molar-refractivity contribution >= 4 is 11.9 Å². The van der Waals surface area contributed by atoms with E-state index in [1.165, 1.54) is 62.3 Å². The van der Waals surface area contributed by atoms with Gasteiger partial charge >= 0.3 is 11.9 Å². The Hall–Kier alpha value is -3.80. The average molecular weight is 521 g/mol. The van der Waals surface area contributed by atoms with Gasteiger partial charge in [0.05, 0.1) is 0 Å². The lowest BCUT2D eigenvalue weighted by molar-refractivity contribution is 0.0691. The smallest absolute Gasteiger partial charge is 0.347 e. The van der Waals surface area contributed by atoms with Gasteiger partial charge in [-0.25, -0.2) is 9.59 Å². The van der Waals surface area contributed by atoms with Gasteiger partial charge in [-0.1, -0.05) is 90.1 Å². The molecule has 0 amide bonds. The van der Waals surface area contributed by atoms with Gasteiger partial charge in [0, 0.05) is 0 Å². The molecule has 204 valence electrons. The van der Waals surface area contributed by atoms with Gasteiger partial charge < -0.3 is 20.1 Å². The minimum atomic E-state index is -1.11. The van der Waals surface area contributed by atoms with Gasteiger partial charge in [0.2, 0.25) is 0 Å². The van der Waals surface area contributed by atoms with Gasteiger partial charge in [0.1, 0.15) is 28.4 Å². The van der Waals surface area contributed by atoms with Crippen molar-refractivity contribution in [2.24, 2.45) is 0 Å². The molecule has 3 aromatic rings. The molecule has 0 atom stereocenters. The molecular formula is C32H40O6. The fourth-order valence-corrected chi connectivity index (χ4v) is 3.82. The van der Waals surface area contributed by atoms with Crippen LogP contribution in [-0.2, 0) is 11.8 Å². The lowest BCUT2D eigenvalue weighted by Crippen LogP contribution is -2.11. The Bertz CT molecular complexity index is 1180. The zero-order chi connectivity index (χ0) is 28.1. The summed E-state index contributed by atoms with van der Waals surface area (Å²) in [6.07, 6.45) is 8.77. The van der Waals surface area contributed by atoms with E-state index < -0.39 is 11.9 Å². The molecule has 0 saturated carbocycles. The van der Waals surface area contributed by atoms with Crippen LogP contribution < -0.4 is 4.74 Å². The van der Waals surface area contributed by atoms with E-state index in [2.05, 4.69) is 6.92 Å². The Morgan fingerprint density at radius 3 is 1.97 bits per heavy atom. The number of carboxylic acid groups (broad SMARTS) is 1. The summed E-state index contributed by atoms with van der Waals surface area (Å²) < 4.78 is 5.31. The van der Waals surface area contributed by atoms with Gasteiger partial charge in [-0.15, -0.1) is 0 Å². The first kappa shape index (κ1) is 30.4. The standard InChI is InChI=1S/C21H26O3.C11H14O3/c1-2-3-4-5-6-7-10-17-13-15-18(16-14-17)24-21(23)19-11-8-9-12-20(19)22;1-11(2,3)7-4-5-8(10(13)14)9(12)6-7/h8-9,11-16,22H,2-7,10H2,1H3;4-6,12H,1-3H3,(H,13,14). The number of phenolic OH excluding ortho intramolecular Hbond substituents is 1. The highest BCUT2D eigenvalue weighted by Gasteiger charge is 2.17. The van der Waals surface area contributed by atoms with E-state index in [-0.39, 0.29) is 28.0 Å². The number of benzene rings is 3. The normalized spacial score (nSPS) is 10.8. The number of aromatic hydroxyl groups is 2. The van der Waals surface area contributed by atoms with Crippen LogP contribution in [0.15, 0.2) is 66.7 Å². The maximum atomic E-state index is 12.0. The SMILES string of the molecule is CC(C)(C)c1ccc(C(=O)O)c(O)c1.CCCCCCCCc1ccc(OC(=O)c2ccccc2O)cc1. The lowest BCUT2D eigenvalue weighted by Gasteiger charge is -2.19. The second kappa shape index (κ2) is 14.8. The first-order valence-electron chi connectivity index (χ1n) is 13.2. The van der Waals surface area contributed by atoms with E-state index in [0.29, 0.717) is 5.75 Å². The molecule has 38 heavy (non-hydrogen) atoms. The third-order valence-electron chi connectivity index (χ3n) is 6.17. The summed E-state index contributed by atoms with van der Waals surface area (Å²) in [5, 5.41) is 27.8. The molecule has 6 nitrogen and oxygen atoms in total. The molecule has 0 fully saturated rings. The molecule has 6 heteroatoms. The maximum Gasteiger partial charge on any atom is 0.347 e. The topological polar surface area (TPSA) is 104 Å². The van der Waals surface area contributed by atoms with Crippen molar-refractivity contribution in [2.75, 3.05) is 0 Å². The molecule has 0 heterocycles. The zero-order valence-electron chi connectivity index (χ0n) is 22.9. The molecule has 0 radical (unpaired) electrons. The number of rotatable bonds is 10. The van der Waals surface area contributed by atoms with Crippen LogP contribution >= 0.6 is 0 Å². The third-order valence-corrected chi connectivity index (χ3v) is 6.17. The van der Waals surface area contributed by atoms with Crippen LogP contribution in [0.1, 0.15) is 98.1 Å². The Balaban J connectivity index is 0.000000308. The number of carbonyl (C=O) groups is 2. The third kappa shape index (κ3) is 9.92. The number of ether oxygens (including phenoxy) is 1. The monoisotopic (exact) mass is 520 g/mol. The number of unbranched alkanes of at least 4 members (excludes halogenated alkanes) is 5. The number of para-hydroxylation sites is 1. The Morgan fingerprint density at radius 2 is 1.39 bits per heavy atom. The van der Waals surface area contributed by atoms with Gasteiger partial charge in [0.15, 0.2) is 0 Å². The van der Waals surface area contributed by atoms with E-state index in [9.17, 15) is 19.8 Å². The first-order chi connectivity index (χ1) is 18.0. The Morgan fingerprint density at radius 1 is 0.763 bits per heavy atom. The highest BCUT2D eigenvalue weighted by atomic mass is 16.5. The molecule has 0 saturated heterocycles. The number of aromatic carboxylic acids is 1. The molecule has 0 spiro atoms. The molecule has 0 aliphatic carbocycles. The van der Waals surface area contributed by atoms with Gasteiger partial charge in [-0.3, -0.25) is 0 Å². The molecule has 0 unspecified atom stereocenters. The predicted octanol–water partition coefficient (Wildman–Crippen LogP) is 7.90. The number of aryl methyl sites for hydroxylation is 1. The average Bonchev–Trinajstić information content (AvgIpc) is 2.87. The second-order valence-corrected chi connectivity index (χ2v) is 10.4. The van der Waals surface area contributed by atoms with Crippen molar-refractivity contribution in [3.63, 3.8) is 0 Å². The Labute approximate surface area is 225 Å². The number of hydrogen-bond acceptors (Lipinski definition) is 5. The number of phenols is 2. The summed E-state index contributed by atoms with van der Waals surface area (Å²) >= 11 is 0. The summed E-state index contributed by atoms with van der Waals surface area (Å²) in [5.74, 6) is -1.40. The minimum Gasteiger partial charge on any atom is -0.507 e. The van der Waals surface area contributed by atoms with Gasteiger partial charge in [-0.05, 0) is 65.8 Å². The van der Waals surface area contributed by atoms with Gasteiger partial charge in [0.25, 0.3) is 0 Å². The van der Waals surface area contributed by atoms with Crippen molar-refractivity contribution in [3.8, 4) is 17.2 Å².